The molecule has 7 rings (SSSR count). The zero-order chi connectivity index (χ0) is 17.5. The summed E-state index contributed by atoms with van der Waals surface area (Å²) in [5.74, 6) is 0. The maximum atomic E-state index is 3.63. The summed E-state index contributed by atoms with van der Waals surface area (Å²) >= 11 is 0. The minimum atomic E-state index is 1.17. The van der Waals surface area contributed by atoms with Crippen molar-refractivity contribution in [2.45, 2.75) is 0 Å². The van der Waals surface area contributed by atoms with E-state index >= 15 is 0 Å². The molecule has 126 valence electrons. The molecule has 4 aromatic carbocycles. The molecule has 3 heteroatoms. The zero-order valence-corrected chi connectivity index (χ0v) is 14.4. The van der Waals surface area contributed by atoms with Crippen LogP contribution in [0.15, 0.2) is 72.8 Å². The Morgan fingerprint density at radius 2 is 0.926 bits per heavy atom. The number of hydrogen-bond donors (Lipinski definition) is 3. The van der Waals surface area contributed by atoms with E-state index in [1.54, 1.807) is 0 Å². The monoisotopic (exact) mass is 345 g/mol. The van der Waals surface area contributed by atoms with E-state index in [4.69, 9.17) is 0 Å². The molecule has 0 aliphatic rings. The molecule has 7 aromatic rings. The van der Waals surface area contributed by atoms with Gasteiger partial charge >= 0.3 is 0 Å². The van der Waals surface area contributed by atoms with E-state index in [-0.39, 0.29) is 0 Å². The van der Waals surface area contributed by atoms with Crippen molar-refractivity contribution in [2.24, 2.45) is 0 Å². The largest absolute Gasteiger partial charge is 0.354 e. The lowest BCUT2D eigenvalue weighted by Gasteiger charge is -1.97. The molecule has 3 aromatic heterocycles. The Bertz CT molecular complexity index is 1670. The van der Waals surface area contributed by atoms with Crippen molar-refractivity contribution >= 4 is 65.4 Å². The van der Waals surface area contributed by atoms with Crippen molar-refractivity contribution in [3.8, 4) is 0 Å². The van der Waals surface area contributed by atoms with E-state index in [1.165, 1.54) is 65.4 Å². The SMILES string of the molecule is c1ccc2c(c1)[nH]c1cc3[nH]c4ccc5[nH]c6ccccc6c5c4c3cc12. The van der Waals surface area contributed by atoms with Crippen molar-refractivity contribution < 1.29 is 0 Å². The van der Waals surface area contributed by atoms with Gasteiger partial charge in [-0.15, -0.1) is 0 Å². The maximum Gasteiger partial charge on any atom is 0.0486 e. The Kier molecular flexibility index (Phi) is 2.25. The standard InChI is InChI=1S/C24H15N3/c1-3-7-17-13(5-1)15-11-16-22(12-21(15)26-17)27-20-10-9-19-23(24(16)20)14-6-2-4-8-18(14)25-19/h1-12,25-27H. The van der Waals surface area contributed by atoms with Crippen LogP contribution in [-0.4, -0.2) is 15.0 Å². The lowest BCUT2D eigenvalue weighted by molar-refractivity contribution is 1.52. The fraction of sp³-hybridized carbons (Fsp3) is 0. The van der Waals surface area contributed by atoms with Gasteiger partial charge < -0.3 is 15.0 Å². The molecule has 0 radical (unpaired) electrons. The molecule has 0 saturated carbocycles. The fourth-order valence-electron chi connectivity index (χ4n) is 4.68. The Balaban J connectivity index is 1.76. The first-order chi connectivity index (χ1) is 13.4. The van der Waals surface area contributed by atoms with Crippen LogP contribution in [-0.2, 0) is 0 Å². The van der Waals surface area contributed by atoms with Gasteiger partial charge in [0.2, 0.25) is 0 Å². The molecule has 0 aliphatic carbocycles. The maximum absolute atomic E-state index is 3.63. The van der Waals surface area contributed by atoms with Crippen LogP contribution >= 0.6 is 0 Å². The van der Waals surface area contributed by atoms with Crippen molar-refractivity contribution in [1.82, 2.24) is 15.0 Å². The molecular formula is C24H15N3. The summed E-state index contributed by atoms with van der Waals surface area (Å²) in [4.78, 5) is 10.7. The Hall–Kier alpha value is -3.72. The topological polar surface area (TPSA) is 47.4 Å². The van der Waals surface area contributed by atoms with Gasteiger partial charge in [-0.05, 0) is 36.4 Å². The summed E-state index contributed by atoms with van der Waals surface area (Å²) in [5.41, 5.74) is 7.07. The van der Waals surface area contributed by atoms with Gasteiger partial charge in [0.25, 0.3) is 0 Å². The lowest BCUT2D eigenvalue weighted by atomic mass is 10.0. The second-order valence-electron chi connectivity index (χ2n) is 7.32. The van der Waals surface area contributed by atoms with Gasteiger partial charge in [0, 0.05) is 65.4 Å². The number of aromatic nitrogens is 3. The molecule has 0 amide bonds. The van der Waals surface area contributed by atoms with E-state index < -0.39 is 0 Å². The van der Waals surface area contributed by atoms with Crippen LogP contribution in [0.5, 0.6) is 0 Å². The molecule has 0 aliphatic heterocycles. The summed E-state index contributed by atoms with van der Waals surface area (Å²) in [5, 5.41) is 7.70. The molecule has 27 heavy (non-hydrogen) atoms. The highest BCUT2D eigenvalue weighted by Crippen LogP contribution is 2.39. The van der Waals surface area contributed by atoms with Gasteiger partial charge in [0.15, 0.2) is 0 Å². The van der Waals surface area contributed by atoms with Gasteiger partial charge in [-0.3, -0.25) is 0 Å². The van der Waals surface area contributed by atoms with E-state index in [0.29, 0.717) is 0 Å². The zero-order valence-electron chi connectivity index (χ0n) is 14.4. The van der Waals surface area contributed by atoms with Gasteiger partial charge in [-0.25, -0.2) is 0 Å². The summed E-state index contributed by atoms with van der Waals surface area (Å²) < 4.78 is 0. The van der Waals surface area contributed by atoms with Crippen LogP contribution in [0.2, 0.25) is 0 Å². The predicted octanol–water partition coefficient (Wildman–Crippen LogP) is 6.59. The number of hydrogen-bond acceptors (Lipinski definition) is 0. The highest BCUT2D eigenvalue weighted by atomic mass is 14.7. The van der Waals surface area contributed by atoms with E-state index in [1.807, 2.05) is 0 Å². The molecule has 3 N–H and O–H groups in total. The summed E-state index contributed by atoms with van der Waals surface area (Å²) in [6, 6.07) is 26.0. The number of H-pyrrole nitrogens is 3. The third kappa shape index (κ3) is 1.62. The van der Waals surface area contributed by atoms with E-state index in [9.17, 15) is 0 Å². The highest BCUT2D eigenvalue weighted by molar-refractivity contribution is 6.29. The summed E-state index contributed by atoms with van der Waals surface area (Å²) in [6.07, 6.45) is 0. The third-order valence-corrected chi connectivity index (χ3v) is 5.85. The lowest BCUT2D eigenvalue weighted by Crippen LogP contribution is -1.72. The molecule has 0 spiro atoms. The smallest absolute Gasteiger partial charge is 0.0486 e. The second-order valence-corrected chi connectivity index (χ2v) is 7.32. The first-order valence-corrected chi connectivity index (χ1v) is 9.22. The molecule has 0 bridgehead atoms. The first-order valence-electron chi connectivity index (χ1n) is 9.22. The van der Waals surface area contributed by atoms with Crippen molar-refractivity contribution in [2.75, 3.05) is 0 Å². The van der Waals surface area contributed by atoms with Crippen LogP contribution in [0.1, 0.15) is 0 Å². The van der Waals surface area contributed by atoms with Crippen LogP contribution in [0.3, 0.4) is 0 Å². The number of para-hydroxylation sites is 2. The summed E-state index contributed by atoms with van der Waals surface area (Å²) in [6.45, 7) is 0. The van der Waals surface area contributed by atoms with Crippen molar-refractivity contribution in [3.63, 3.8) is 0 Å². The van der Waals surface area contributed by atoms with Crippen LogP contribution < -0.4 is 0 Å². The molecule has 0 saturated heterocycles. The van der Waals surface area contributed by atoms with Crippen LogP contribution in [0, 0.1) is 0 Å². The quantitative estimate of drug-likeness (QED) is 0.278. The number of rotatable bonds is 0. The van der Waals surface area contributed by atoms with Crippen molar-refractivity contribution in [3.05, 3.63) is 72.8 Å². The molecule has 3 nitrogen and oxygen atoms in total. The molecule has 0 atom stereocenters. The van der Waals surface area contributed by atoms with Crippen LogP contribution in [0.4, 0.5) is 0 Å². The molecule has 3 heterocycles. The number of nitrogens with one attached hydrogen (secondary N) is 3. The molecule has 0 fully saturated rings. The van der Waals surface area contributed by atoms with Crippen LogP contribution in [0.25, 0.3) is 65.4 Å². The third-order valence-electron chi connectivity index (χ3n) is 5.85. The fourth-order valence-corrected chi connectivity index (χ4v) is 4.68. The highest BCUT2D eigenvalue weighted by Gasteiger charge is 2.14. The Labute approximate surface area is 153 Å². The average Bonchev–Trinajstić information content (AvgIpc) is 3.36. The average molecular weight is 345 g/mol. The summed E-state index contributed by atoms with van der Waals surface area (Å²) in [7, 11) is 0. The van der Waals surface area contributed by atoms with E-state index in [0.717, 1.165) is 0 Å². The van der Waals surface area contributed by atoms with Crippen molar-refractivity contribution in [1.29, 1.82) is 0 Å². The second kappa shape index (κ2) is 4.51. The predicted molar refractivity (Wildman–Crippen MR) is 115 cm³/mol. The number of aromatic amines is 3. The van der Waals surface area contributed by atoms with Gasteiger partial charge in [0.05, 0.1) is 0 Å². The normalized spacial score (nSPS) is 12.4. The molecule has 0 unspecified atom stereocenters. The minimum absolute atomic E-state index is 1.17. The Morgan fingerprint density at radius 1 is 0.370 bits per heavy atom. The Morgan fingerprint density at radius 3 is 1.74 bits per heavy atom. The van der Waals surface area contributed by atoms with E-state index in [2.05, 4.69) is 87.7 Å². The first kappa shape index (κ1) is 13.5. The molecular weight excluding hydrogens is 330 g/mol. The number of benzene rings is 4. The number of fused-ring (bicyclic) bond motifs is 10. The minimum Gasteiger partial charge on any atom is -0.354 e. The van der Waals surface area contributed by atoms with Gasteiger partial charge in [-0.2, -0.15) is 0 Å². The van der Waals surface area contributed by atoms with Gasteiger partial charge in [-0.1, -0.05) is 36.4 Å². The van der Waals surface area contributed by atoms with Gasteiger partial charge in [0.1, 0.15) is 0 Å².